The zero-order valence-corrected chi connectivity index (χ0v) is 24.3. The maximum absolute atomic E-state index is 13.4. The van der Waals surface area contributed by atoms with Crippen molar-refractivity contribution in [3.8, 4) is 35.3 Å². The Balaban J connectivity index is 1.47. The van der Waals surface area contributed by atoms with Crippen LogP contribution in [0.1, 0.15) is 41.6 Å². The van der Waals surface area contributed by atoms with Gasteiger partial charge in [0.15, 0.2) is 23.0 Å². The summed E-state index contributed by atoms with van der Waals surface area (Å²) in [6.45, 7) is 0.133. The monoisotopic (exact) mass is 619 g/mol. The first-order chi connectivity index (χ1) is 21.2. The van der Waals surface area contributed by atoms with Crippen LogP contribution in [-0.4, -0.2) is 110 Å². The highest BCUT2D eigenvalue weighted by Crippen LogP contribution is 2.35. The molecule has 4 rings (SSSR count). The molecule has 0 aliphatic carbocycles. The number of rotatable bonds is 11. The molecule has 0 unspecified atom stereocenters. The predicted molar refractivity (Wildman–Crippen MR) is 151 cm³/mol. The van der Waals surface area contributed by atoms with Crippen LogP contribution in [-0.2, 0) is 14.3 Å². The third kappa shape index (κ3) is 8.14. The van der Waals surface area contributed by atoms with Crippen LogP contribution in [0.25, 0.3) is 11.5 Å². The molecule has 2 aliphatic heterocycles. The number of nitrogens with two attached hydrogens (primary N) is 1. The van der Waals surface area contributed by atoms with Crippen molar-refractivity contribution in [2.75, 3.05) is 66.2 Å². The normalized spacial score (nSPS) is 16.0. The highest BCUT2D eigenvalue weighted by atomic mass is 19.3. The number of benzene rings is 1. The lowest BCUT2D eigenvalue weighted by atomic mass is 10.2. The average molecular weight is 620 g/mol. The lowest BCUT2D eigenvalue weighted by Gasteiger charge is -2.33. The summed E-state index contributed by atoms with van der Waals surface area (Å²) in [5.74, 6) is 1.57. The minimum atomic E-state index is -3.10. The van der Waals surface area contributed by atoms with Gasteiger partial charge in [-0.3, -0.25) is 9.59 Å². The molecule has 3 amide bonds. The third-order valence-electron chi connectivity index (χ3n) is 7.13. The zero-order chi connectivity index (χ0) is 31.6. The van der Waals surface area contributed by atoms with E-state index in [0.717, 1.165) is 0 Å². The summed E-state index contributed by atoms with van der Waals surface area (Å²) in [5.41, 5.74) is 6.23. The summed E-state index contributed by atoms with van der Waals surface area (Å²) < 4.78 is 52.4. The molecule has 2 fully saturated rings. The van der Waals surface area contributed by atoms with Crippen LogP contribution >= 0.6 is 0 Å². The van der Waals surface area contributed by atoms with Crippen LogP contribution < -0.4 is 15.2 Å². The van der Waals surface area contributed by atoms with Crippen LogP contribution in [0.4, 0.5) is 13.6 Å². The summed E-state index contributed by atoms with van der Waals surface area (Å²) in [6.07, 6.45) is 6.37. The van der Waals surface area contributed by atoms with Gasteiger partial charge in [0.1, 0.15) is 6.04 Å². The fourth-order valence-corrected chi connectivity index (χ4v) is 4.74. The first kappa shape index (κ1) is 32.5. The van der Waals surface area contributed by atoms with Crippen molar-refractivity contribution in [1.82, 2.24) is 19.7 Å². The first-order valence-electron chi connectivity index (χ1n) is 14.1. The maximum atomic E-state index is 13.4. The van der Waals surface area contributed by atoms with Gasteiger partial charge in [0.25, 0.3) is 5.91 Å². The highest BCUT2D eigenvalue weighted by Gasteiger charge is 2.31. The molecule has 2 aromatic rings. The molecule has 13 nitrogen and oxygen atoms in total. The Morgan fingerprint density at radius 2 is 1.75 bits per heavy atom. The van der Waals surface area contributed by atoms with Gasteiger partial charge in [-0.2, -0.15) is 8.78 Å². The Bertz CT molecular complexity index is 1350. The Morgan fingerprint density at radius 1 is 1.05 bits per heavy atom. The lowest BCUT2D eigenvalue weighted by molar-refractivity contribution is -0.135. The second kappa shape index (κ2) is 15.3. The van der Waals surface area contributed by atoms with E-state index in [4.69, 9.17) is 30.8 Å². The standard InChI is InChI=1S/C29H35F2N5O8/c1-3-20(32)25-24(27(38)35-9-11-36(12-10-35)29(39)40-2)33-26(44-25)19-7-8-21(43-28(30)31)22(18-19)42-15-5-4-6-23(37)34-13-16-41-17-14-34/h1,7-8,18,20,28H,4-6,9-17,32H2,2H3/t20-/m0/s1. The second-order valence-electron chi connectivity index (χ2n) is 9.96. The third-order valence-corrected chi connectivity index (χ3v) is 7.13. The van der Waals surface area contributed by atoms with E-state index in [2.05, 4.69) is 15.6 Å². The van der Waals surface area contributed by atoms with E-state index in [0.29, 0.717) is 51.1 Å². The van der Waals surface area contributed by atoms with Crippen molar-refractivity contribution in [3.05, 3.63) is 29.7 Å². The lowest BCUT2D eigenvalue weighted by Crippen LogP contribution is -2.50. The van der Waals surface area contributed by atoms with Crippen molar-refractivity contribution >= 4 is 17.9 Å². The molecule has 0 saturated carbocycles. The number of carbonyl (C=O) groups excluding carboxylic acids is 3. The summed E-state index contributed by atoms with van der Waals surface area (Å²) >= 11 is 0. The molecule has 0 spiro atoms. The number of unbranched alkanes of at least 4 members (excludes halogenated alkanes) is 1. The molecule has 3 heterocycles. The smallest absolute Gasteiger partial charge is 0.409 e. The molecular formula is C29H35F2N5O8. The van der Waals surface area contributed by atoms with E-state index in [-0.39, 0.29) is 67.5 Å². The van der Waals surface area contributed by atoms with Crippen LogP contribution in [0, 0.1) is 12.3 Å². The minimum Gasteiger partial charge on any atom is -0.490 e. The molecule has 1 aromatic heterocycles. The van der Waals surface area contributed by atoms with E-state index in [9.17, 15) is 23.2 Å². The summed E-state index contributed by atoms with van der Waals surface area (Å²) in [7, 11) is 1.28. The van der Waals surface area contributed by atoms with Gasteiger partial charge in [-0.15, -0.1) is 6.42 Å². The highest BCUT2D eigenvalue weighted by molar-refractivity contribution is 5.94. The summed E-state index contributed by atoms with van der Waals surface area (Å²) in [5, 5.41) is 0. The van der Waals surface area contributed by atoms with Gasteiger partial charge in [-0.1, -0.05) is 5.92 Å². The molecule has 15 heteroatoms. The van der Waals surface area contributed by atoms with Crippen LogP contribution in [0.15, 0.2) is 22.6 Å². The van der Waals surface area contributed by atoms with E-state index in [1.54, 1.807) is 4.90 Å². The molecule has 44 heavy (non-hydrogen) atoms. The van der Waals surface area contributed by atoms with Crippen molar-refractivity contribution in [3.63, 3.8) is 0 Å². The number of ether oxygens (including phenoxy) is 4. The Labute approximate surface area is 253 Å². The number of nitrogens with zero attached hydrogens (tertiary/aromatic N) is 4. The van der Waals surface area contributed by atoms with Crippen LogP contribution in [0.3, 0.4) is 0 Å². The van der Waals surface area contributed by atoms with Gasteiger partial charge in [-0.25, -0.2) is 9.78 Å². The van der Waals surface area contributed by atoms with E-state index >= 15 is 0 Å². The first-order valence-corrected chi connectivity index (χ1v) is 14.1. The van der Waals surface area contributed by atoms with Crippen molar-refractivity contribution in [2.24, 2.45) is 5.73 Å². The zero-order valence-electron chi connectivity index (χ0n) is 24.3. The SMILES string of the molecule is C#C[C@H](N)c1oc(-c2ccc(OC(F)F)c(OCCCCC(=O)N3CCOCC3)c2)nc1C(=O)N1CCN(C(=O)OC)CC1. The number of hydrogen-bond donors (Lipinski definition) is 1. The van der Waals surface area contributed by atoms with Gasteiger partial charge in [0.05, 0.1) is 26.9 Å². The summed E-state index contributed by atoms with van der Waals surface area (Å²) in [6, 6.07) is 3.00. The average Bonchev–Trinajstić information content (AvgIpc) is 3.50. The van der Waals surface area contributed by atoms with Gasteiger partial charge in [0, 0.05) is 51.3 Å². The van der Waals surface area contributed by atoms with Gasteiger partial charge in [0.2, 0.25) is 11.8 Å². The quantitative estimate of drug-likeness (QED) is 0.294. The van der Waals surface area contributed by atoms with E-state index in [1.165, 1.54) is 35.1 Å². The fraction of sp³-hybridized carbons (Fsp3) is 0.517. The molecular weight excluding hydrogens is 584 g/mol. The Hall–Kier alpha value is -4.42. The number of hydrogen-bond acceptors (Lipinski definition) is 10. The number of aromatic nitrogens is 1. The Kier molecular flexibility index (Phi) is 11.3. The van der Waals surface area contributed by atoms with Gasteiger partial charge < -0.3 is 43.8 Å². The molecule has 1 atom stereocenters. The maximum Gasteiger partial charge on any atom is 0.409 e. The predicted octanol–water partition coefficient (Wildman–Crippen LogP) is 2.51. The van der Waals surface area contributed by atoms with Crippen molar-refractivity contribution < 1.29 is 46.5 Å². The summed E-state index contributed by atoms with van der Waals surface area (Å²) in [4.78, 5) is 46.6. The molecule has 238 valence electrons. The number of amides is 3. The number of halogens is 2. The van der Waals surface area contributed by atoms with Gasteiger partial charge >= 0.3 is 12.7 Å². The van der Waals surface area contributed by atoms with Crippen molar-refractivity contribution in [2.45, 2.75) is 31.9 Å². The molecule has 2 aliphatic rings. The molecule has 1 aromatic carbocycles. The molecule has 2 saturated heterocycles. The number of methoxy groups -OCH3 is 1. The van der Waals surface area contributed by atoms with Gasteiger partial charge in [-0.05, 0) is 31.0 Å². The Morgan fingerprint density at radius 3 is 2.41 bits per heavy atom. The second-order valence-corrected chi connectivity index (χ2v) is 9.96. The van der Waals surface area contributed by atoms with Crippen LogP contribution in [0.5, 0.6) is 11.5 Å². The number of carbonyl (C=O) groups is 3. The fourth-order valence-electron chi connectivity index (χ4n) is 4.74. The van der Waals surface area contributed by atoms with E-state index < -0.39 is 24.7 Å². The molecule has 2 N–H and O–H groups in total. The number of piperazine rings is 1. The van der Waals surface area contributed by atoms with Crippen LogP contribution in [0.2, 0.25) is 0 Å². The number of alkyl halides is 2. The largest absolute Gasteiger partial charge is 0.490 e. The number of terminal acetylenes is 1. The number of oxazole rings is 1. The topological polar surface area (TPSA) is 150 Å². The minimum absolute atomic E-state index is 0.00453. The van der Waals surface area contributed by atoms with E-state index in [1.807, 2.05) is 0 Å². The van der Waals surface area contributed by atoms with Crippen molar-refractivity contribution in [1.29, 1.82) is 0 Å². The molecule has 0 bridgehead atoms. The number of morpholine rings is 1. The molecule has 0 radical (unpaired) electrons.